The number of pyridine rings is 1. The minimum atomic E-state index is -0.106. The highest BCUT2D eigenvalue weighted by Gasteiger charge is 2.05. The Labute approximate surface area is 139 Å². The number of nitrogen functional groups attached to an aromatic ring is 1. The van der Waals surface area contributed by atoms with Gasteiger partial charge in [0.2, 0.25) is 0 Å². The van der Waals surface area contributed by atoms with E-state index in [4.69, 9.17) is 17.3 Å². The summed E-state index contributed by atoms with van der Waals surface area (Å²) in [6, 6.07) is 14.7. The molecule has 1 heterocycles. The van der Waals surface area contributed by atoms with Gasteiger partial charge in [-0.1, -0.05) is 23.2 Å². The maximum atomic E-state index is 12.2. The average molecular weight is 323 g/mol. The number of fused-ring (bicyclic) bond motifs is 1. The first kappa shape index (κ1) is 15.3. The van der Waals surface area contributed by atoms with Gasteiger partial charge in [-0.05, 0) is 61.5 Å². The molecule has 0 saturated carbocycles. The summed E-state index contributed by atoms with van der Waals surface area (Å²) in [5.41, 5.74) is 9.53. The zero-order valence-electron chi connectivity index (χ0n) is 12.6. The fraction of sp³-hybridized carbons (Fsp3) is 0.0526. The molecular formula is C19H15ClN2O. The Morgan fingerprint density at radius 3 is 2.61 bits per heavy atom. The highest BCUT2D eigenvalue weighted by atomic mass is 35.5. The van der Waals surface area contributed by atoms with Crippen molar-refractivity contribution < 1.29 is 4.79 Å². The molecule has 0 spiro atoms. The number of carbonyl (C=O) groups excluding carboxylic acids is 1. The summed E-state index contributed by atoms with van der Waals surface area (Å²) in [6.45, 7) is 2.02. The second kappa shape index (κ2) is 6.23. The molecule has 0 amide bonds. The SMILES string of the molecule is Cc1ccc2nc(Cl)c(/C=C/C(=O)c3ccc(N)cc3)cc2c1. The number of hydrogen-bond donors (Lipinski definition) is 1. The summed E-state index contributed by atoms with van der Waals surface area (Å²) in [5.74, 6) is -0.106. The highest BCUT2D eigenvalue weighted by Crippen LogP contribution is 2.23. The summed E-state index contributed by atoms with van der Waals surface area (Å²) in [4.78, 5) is 16.5. The van der Waals surface area contributed by atoms with Crippen molar-refractivity contribution in [3.63, 3.8) is 0 Å². The van der Waals surface area contributed by atoms with Crippen LogP contribution in [-0.2, 0) is 0 Å². The van der Waals surface area contributed by atoms with Crippen LogP contribution in [0.3, 0.4) is 0 Å². The molecule has 1 aromatic heterocycles. The maximum absolute atomic E-state index is 12.2. The lowest BCUT2D eigenvalue weighted by Crippen LogP contribution is -1.95. The molecule has 2 N–H and O–H groups in total. The third kappa shape index (κ3) is 3.41. The number of benzene rings is 2. The summed E-state index contributed by atoms with van der Waals surface area (Å²) in [5, 5.41) is 1.37. The number of nitrogens with zero attached hydrogens (tertiary/aromatic N) is 1. The molecule has 0 aliphatic carbocycles. The van der Waals surface area contributed by atoms with Gasteiger partial charge in [0.05, 0.1) is 5.52 Å². The number of anilines is 1. The van der Waals surface area contributed by atoms with Crippen LogP contribution >= 0.6 is 11.6 Å². The Balaban J connectivity index is 1.92. The van der Waals surface area contributed by atoms with Crippen LogP contribution in [0, 0.1) is 6.92 Å². The van der Waals surface area contributed by atoms with Crippen LogP contribution in [0.1, 0.15) is 21.5 Å². The first-order valence-electron chi connectivity index (χ1n) is 7.18. The van der Waals surface area contributed by atoms with Crippen molar-refractivity contribution in [2.75, 3.05) is 5.73 Å². The lowest BCUT2D eigenvalue weighted by atomic mass is 10.1. The van der Waals surface area contributed by atoms with Crippen LogP contribution in [0.25, 0.3) is 17.0 Å². The molecule has 0 saturated heterocycles. The molecule has 3 rings (SSSR count). The van der Waals surface area contributed by atoms with Gasteiger partial charge in [0.1, 0.15) is 5.15 Å². The van der Waals surface area contributed by atoms with Crippen molar-refractivity contribution in [3.8, 4) is 0 Å². The molecule has 3 aromatic rings. The molecule has 0 atom stereocenters. The van der Waals surface area contributed by atoms with Gasteiger partial charge in [0, 0.05) is 22.2 Å². The summed E-state index contributed by atoms with van der Waals surface area (Å²) < 4.78 is 0. The zero-order valence-corrected chi connectivity index (χ0v) is 13.3. The van der Waals surface area contributed by atoms with E-state index in [0.717, 1.165) is 16.5 Å². The van der Waals surface area contributed by atoms with Gasteiger partial charge in [0.15, 0.2) is 5.78 Å². The minimum Gasteiger partial charge on any atom is -0.399 e. The molecule has 0 aliphatic heterocycles. The van der Waals surface area contributed by atoms with Gasteiger partial charge in [-0.3, -0.25) is 4.79 Å². The smallest absolute Gasteiger partial charge is 0.185 e. The van der Waals surface area contributed by atoms with Gasteiger partial charge in [-0.2, -0.15) is 0 Å². The first-order valence-corrected chi connectivity index (χ1v) is 7.55. The fourth-order valence-electron chi connectivity index (χ4n) is 2.31. The van der Waals surface area contributed by atoms with Gasteiger partial charge >= 0.3 is 0 Å². The topological polar surface area (TPSA) is 56.0 Å². The number of ketones is 1. The van der Waals surface area contributed by atoms with E-state index in [9.17, 15) is 4.79 Å². The lowest BCUT2D eigenvalue weighted by Gasteiger charge is -2.03. The summed E-state index contributed by atoms with van der Waals surface area (Å²) >= 11 is 6.20. The molecule has 2 aromatic carbocycles. The maximum Gasteiger partial charge on any atom is 0.185 e. The Hall–Kier alpha value is -2.65. The van der Waals surface area contributed by atoms with Crippen LogP contribution in [0.5, 0.6) is 0 Å². The number of aryl methyl sites for hydroxylation is 1. The Morgan fingerprint density at radius 2 is 1.87 bits per heavy atom. The predicted octanol–water partition coefficient (Wildman–Crippen LogP) is 4.67. The van der Waals surface area contributed by atoms with E-state index in [-0.39, 0.29) is 5.78 Å². The lowest BCUT2D eigenvalue weighted by molar-refractivity contribution is 0.104. The van der Waals surface area contributed by atoms with E-state index in [0.29, 0.717) is 22.0 Å². The normalized spacial score (nSPS) is 11.2. The van der Waals surface area contributed by atoms with Crippen LogP contribution in [0.4, 0.5) is 5.69 Å². The monoisotopic (exact) mass is 322 g/mol. The largest absolute Gasteiger partial charge is 0.399 e. The van der Waals surface area contributed by atoms with E-state index >= 15 is 0 Å². The standard InChI is InChI=1S/C19H15ClN2O/c1-12-2-8-17-15(10-12)11-14(19(20)22-17)5-9-18(23)13-3-6-16(21)7-4-13/h2-11H,21H2,1H3/b9-5+. The molecule has 0 unspecified atom stereocenters. The van der Waals surface area contributed by atoms with Crippen LogP contribution in [-0.4, -0.2) is 10.8 Å². The number of carbonyl (C=O) groups is 1. The highest BCUT2D eigenvalue weighted by molar-refractivity contribution is 6.31. The van der Waals surface area contributed by atoms with Crippen molar-refractivity contribution in [2.24, 2.45) is 0 Å². The van der Waals surface area contributed by atoms with E-state index in [2.05, 4.69) is 4.98 Å². The molecule has 114 valence electrons. The molecule has 3 nitrogen and oxygen atoms in total. The quantitative estimate of drug-likeness (QED) is 0.330. The molecule has 4 heteroatoms. The molecule has 0 fully saturated rings. The van der Waals surface area contributed by atoms with E-state index in [1.54, 1.807) is 30.3 Å². The molecule has 0 radical (unpaired) electrons. The number of halogens is 1. The van der Waals surface area contributed by atoms with E-state index in [1.807, 2.05) is 31.2 Å². The van der Waals surface area contributed by atoms with E-state index < -0.39 is 0 Å². The van der Waals surface area contributed by atoms with Crippen molar-refractivity contribution >= 4 is 40.1 Å². The van der Waals surface area contributed by atoms with Crippen LogP contribution in [0.15, 0.2) is 54.6 Å². The van der Waals surface area contributed by atoms with E-state index in [1.165, 1.54) is 6.08 Å². The molecule has 23 heavy (non-hydrogen) atoms. The number of allylic oxidation sites excluding steroid dienone is 1. The third-order valence-electron chi connectivity index (χ3n) is 3.56. The Bertz CT molecular complexity index is 915. The molecule has 0 bridgehead atoms. The van der Waals surface area contributed by atoms with Gasteiger partial charge in [-0.25, -0.2) is 4.98 Å². The Morgan fingerprint density at radius 1 is 1.13 bits per heavy atom. The van der Waals surface area contributed by atoms with Crippen molar-refractivity contribution in [1.82, 2.24) is 4.98 Å². The predicted molar refractivity (Wildman–Crippen MR) is 95.7 cm³/mol. The number of rotatable bonds is 3. The third-order valence-corrected chi connectivity index (χ3v) is 3.86. The fourth-order valence-corrected chi connectivity index (χ4v) is 2.52. The second-order valence-corrected chi connectivity index (χ2v) is 5.74. The van der Waals surface area contributed by atoms with Crippen LogP contribution in [0.2, 0.25) is 5.15 Å². The zero-order chi connectivity index (χ0) is 16.4. The summed E-state index contributed by atoms with van der Waals surface area (Å²) in [7, 11) is 0. The minimum absolute atomic E-state index is 0.106. The van der Waals surface area contributed by atoms with Crippen molar-refractivity contribution in [1.29, 1.82) is 0 Å². The van der Waals surface area contributed by atoms with Gasteiger partial charge in [-0.15, -0.1) is 0 Å². The van der Waals surface area contributed by atoms with Gasteiger partial charge < -0.3 is 5.73 Å². The average Bonchev–Trinajstić information content (AvgIpc) is 2.53. The Kier molecular flexibility index (Phi) is 4.13. The van der Waals surface area contributed by atoms with Crippen molar-refractivity contribution in [3.05, 3.63) is 76.5 Å². The number of nitrogens with two attached hydrogens (primary N) is 1. The van der Waals surface area contributed by atoms with Crippen LogP contribution < -0.4 is 5.73 Å². The van der Waals surface area contributed by atoms with Crippen molar-refractivity contribution in [2.45, 2.75) is 6.92 Å². The number of aromatic nitrogens is 1. The summed E-state index contributed by atoms with van der Waals surface area (Å²) in [6.07, 6.45) is 3.19. The first-order chi connectivity index (χ1) is 11.0. The van der Waals surface area contributed by atoms with Gasteiger partial charge in [0.25, 0.3) is 0 Å². The second-order valence-electron chi connectivity index (χ2n) is 5.38. The number of hydrogen-bond acceptors (Lipinski definition) is 3. The molecule has 0 aliphatic rings. The molecular weight excluding hydrogens is 308 g/mol.